The molecule has 0 saturated carbocycles. The van der Waals surface area contributed by atoms with E-state index in [-0.39, 0.29) is 30.1 Å². The summed E-state index contributed by atoms with van der Waals surface area (Å²) in [5.41, 5.74) is 8.59. The maximum atomic E-state index is 13.9. The predicted octanol–water partition coefficient (Wildman–Crippen LogP) is 2.87. The fourth-order valence-corrected chi connectivity index (χ4v) is 2.67. The summed E-state index contributed by atoms with van der Waals surface area (Å²) in [7, 11) is 0. The largest absolute Gasteiger partial charge is 0.492 e. The molecule has 2 atom stereocenters. The van der Waals surface area contributed by atoms with E-state index in [1.807, 2.05) is 0 Å². The van der Waals surface area contributed by atoms with Crippen LogP contribution in [-0.4, -0.2) is 41.7 Å². The fourth-order valence-electron chi connectivity index (χ4n) is 2.47. The summed E-state index contributed by atoms with van der Waals surface area (Å²) in [6.45, 7) is -0.582. The fraction of sp³-hybridized carbons (Fsp3) is 0.429. The van der Waals surface area contributed by atoms with Gasteiger partial charge >= 0.3 is 12.1 Å². The third kappa shape index (κ3) is 5.00. The van der Waals surface area contributed by atoms with Gasteiger partial charge in [-0.05, 0) is 18.0 Å². The van der Waals surface area contributed by atoms with Crippen molar-refractivity contribution in [2.75, 3.05) is 6.54 Å². The highest BCUT2D eigenvalue weighted by Crippen LogP contribution is 2.25. The van der Waals surface area contributed by atoms with Gasteiger partial charge in [-0.25, -0.2) is 9.18 Å². The second-order valence-electron chi connectivity index (χ2n) is 5.45. The zero-order valence-electron chi connectivity index (χ0n) is 13.4. The van der Waals surface area contributed by atoms with Crippen LogP contribution in [0.4, 0.5) is 17.6 Å². The van der Waals surface area contributed by atoms with Crippen LogP contribution in [0.1, 0.15) is 12.0 Å². The number of benzene rings is 1. The molecule has 0 aromatic heterocycles. The van der Waals surface area contributed by atoms with Gasteiger partial charge < -0.3 is 10.2 Å². The van der Waals surface area contributed by atoms with E-state index in [2.05, 4.69) is 20.2 Å². The van der Waals surface area contributed by atoms with Gasteiger partial charge in [0.2, 0.25) is 5.91 Å². The minimum Gasteiger partial charge on any atom is -0.360 e. The van der Waals surface area contributed by atoms with Crippen molar-refractivity contribution in [3.63, 3.8) is 0 Å². The Morgan fingerprint density at radius 2 is 2.15 bits per heavy atom. The molecule has 1 saturated heterocycles. The number of amides is 1. The molecule has 27 heavy (non-hydrogen) atoms. The number of rotatable bonds is 5. The SMILES string of the molecule is [N-]=[N+]=N[C@H]1CCN(OC(=O)C(F)(F)F)[C@@H]1C(=O)NCc1cccc(Cl)c1F. The molecule has 0 unspecified atom stereocenters. The molecule has 146 valence electrons. The first-order chi connectivity index (χ1) is 12.6. The van der Waals surface area contributed by atoms with Crippen LogP contribution in [0.2, 0.25) is 5.02 Å². The average Bonchev–Trinajstić information content (AvgIpc) is 2.98. The van der Waals surface area contributed by atoms with Gasteiger partial charge in [0.05, 0.1) is 11.1 Å². The van der Waals surface area contributed by atoms with E-state index in [1.165, 1.54) is 18.2 Å². The molecule has 1 amide bonds. The van der Waals surface area contributed by atoms with Gasteiger partial charge in [-0.1, -0.05) is 28.8 Å². The number of carbonyl (C=O) groups is 2. The lowest BCUT2D eigenvalue weighted by atomic mass is 10.1. The van der Waals surface area contributed by atoms with Crippen molar-refractivity contribution < 1.29 is 32.0 Å². The summed E-state index contributed by atoms with van der Waals surface area (Å²) >= 11 is 5.63. The molecular formula is C14H12ClF4N5O3. The van der Waals surface area contributed by atoms with Crippen molar-refractivity contribution in [2.45, 2.75) is 31.2 Å². The smallest absolute Gasteiger partial charge is 0.360 e. The van der Waals surface area contributed by atoms with Crippen LogP contribution in [0, 0.1) is 5.82 Å². The second kappa shape index (κ2) is 8.42. The molecule has 1 aliphatic rings. The number of nitrogens with zero attached hydrogens (tertiary/aromatic N) is 4. The molecule has 0 radical (unpaired) electrons. The van der Waals surface area contributed by atoms with Gasteiger partial charge in [0.15, 0.2) is 0 Å². The Labute approximate surface area is 154 Å². The summed E-state index contributed by atoms with van der Waals surface area (Å²) in [6.07, 6.45) is -5.28. The highest BCUT2D eigenvalue weighted by Gasteiger charge is 2.47. The number of hydrogen-bond acceptors (Lipinski definition) is 5. The Morgan fingerprint density at radius 1 is 1.44 bits per heavy atom. The molecule has 1 aliphatic heterocycles. The molecule has 1 aromatic carbocycles. The molecule has 0 bridgehead atoms. The molecule has 13 heteroatoms. The van der Waals surface area contributed by atoms with Gasteiger partial charge in [-0.2, -0.15) is 13.2 Å². The monoisotopic (exact) mass is 409 g/mol. The van der Waals surface area contributed by atoms with Crippen molar-refractivity contribution in [1.29, 1.82) is 0 Å². The van der Waals surface area contributed by atoms with Crippen LogP contribution in [-0.2, 0) is 21.0 Å². The van der Waals surface area contributed by atoms with Gasteiger partial charge in [-0.3, -0.25) is 4.79 Å². The van der Waals surface area contributed by atoms with E-state index >= 15 is 0 Å². The lowest BCUT2D eigenvalue weighted by molar-refractivity contribution is -0.240. The van der Waals surface area contributed by atoms with E-state index < -0.39 is 36.0 Å². The van der Waals surface area contributed by atoms with Crippen molar-refractivity contribution in [2.24, 2.45) is 5.11 Å². The van der Waals surface area contributed by atoms with Crippen molar-refractivity contribution in [3.8, 4) is 0 Å². The number of carbonyl (C=O) groups excluding carboxylic acids is 2. The third-order valence-corrected chi connectivity index (χ3v) is 4.00. The summed E-state index contributed by atoms with van der Waals surface area (Å²) in [4.78, 5) is 30.2. The minimum atomic E-state index is -5.26. The zero-order valence-corrected chi connectivity index (χ0v) is 14.2. The molecule has 0 aliphatic carbocycles. The maximum absolute atomic E-state index is 13.9. The molecule has 8 nitrogen and oxygen atoms in total. The highest BCUT2D eigenvalue weighted by atomic mass is 35.5. The Hall–Kier alpha value is -2.56. The lowest BCUT2D eigenvalue weighted by Gasteiger charge is -2.24. The number of azide groups is 1. The summed E-state index contributed by atoms with van der Waals surface area (Å²) in [5, 5.41) is 5.97. The number of nitrogens with one attached hydrogen (secondary N) is 1. The lowest BCUT2D eigenvalue weighted by Crippen LogP contribution is -2.49. The molecule has 0 spiro atoms. The summed E-state index contributed by atoms with van der Waals surface area (Å²) in [5.74, 6) is -4.18. The number of hydrogen-bond donors (Lipinski definition) is 1. The number of halogens is 5. The quantitative estimate of drug-likeness (QED) is 0.349. The number of alkyl halides is 3. The van der Waals surface area contributed by atoms with E-state index in [9.17, 15) is 27.2 Å². The Bertz CT molecular complexity index is 785. The molecule has 2 rings (SSSR count). The van der Waals surface area contributed by atoms with Crippen LogP contribution in [0.3, 0.4) is 0 Å². The van der Waals surface area contributed by atoms with Crippen LogP contribution in [0.15, 0.2) is 23.3 Å². The first-order valence-corrected chi connectivity index (χ1v) is 7.83. The number of hydroxylamine groups is 2. The Kier molecular flexibility index (Phi) is 6.47. The molecule has 1 N–H and O–H groups in total. The van der Waals surface area contributed by atoms with Crippen LogP contribution >= 0.6 is 11.6 Å². The minimum absolute atomic E-state index is 0.0151. The molecule has 1 heterocycles. The van der Waals surface area contributed by atoms with Crippen LogP contribution in [0.25, 0.3) is 10.4 Å². The van der Waals surface area contributed by atoms with Gasteiger partial charge in [0.25, 0.3) is 0 Å². The van der Waals surface area contributed by atoms with Crippen LogP contribution < -0.4 is 5.32 Å². The van der Waals surface area contributed by atoms with E-state index in [0.29, 0.717) is 5.06 Å². The van der Waals surface area contributed by atoms with Crippen molar-refractivity contribution in [3.05, 3.63) is 45.0 Å². The Balaban J connectivity index is 2.13. The summed E-state index contributed by atoms with van der Waals surface area (Å²) < 4.78 is 51.0. The molecule has 1 fully saturated rings. The van der Waals surface area contributed by atoms with Crippen molar-refractivity contribution >= 4 is 23.5 Å². The van der Waals surface area contributed by atoms with Gasteiger partial charge in [0, 0.05) is 23.6 Å². The van der Waals surface area contributed by atoms with Crippen molar-refractivity contribution in [1.82, 2.24) is 10.4 Å². The van der Waals surface area contributed by atoms with Crippen LogP contribution in [0.5, 0.6) is 0 Å². The predicted molar refractivity (Wildman–Crippen MR) is 83.4 cm³/mol. The second-order valence-corrected chi connectivity index (χ2v) is 5.86. The highest BCUT2D eigenvalue weighted by molar-refractivity contribution is 6.30. The first-order valence-electron chi connectivity index (χ1n) is 7.45. The van der Waals surface area contributed by atoms with Gasteiger partial charge in [0.1, 0.15) is 11.9 Å². The standard InChI is InChI=1S/C14H12ClF4N5O3/c15-8-3-1-2-7(10(8)16)6-21-12(25)11-9(22-23-20)4-5-24(11)27-13(26)14(17,18)19/h1-3,9,11H,4-6H2,(H,21,25)/t9-,11-/m0/s1. The first kappa shape index (κ1) is 20.7. The van der Waals surface area contributed by atoms with E-state index in [0.717, 1.165) is 0 Å². The zero-order chi connectivity index (χ0) is 20.2. The van der Waals surface area contributed by atoms with E-state index in [4.69, 9.17) is 17.1 Å². The third-order valence-electron chi connectivity index (χ3n) is 3.70. The maximum Gasteiger partial charge on any atom is 0.492 e. The normalized spacial score (nSPS) is 20.0. The van der Waals surface area contributed by atoms with Gasteiger partial charge in [-0.15, -0.1) is 5.06 Å². The van der Waals surface area contributed by atoms with E-state index in [1.54, 1.807) is 0 Å². The Morgan fingerprint density at radius 3 is 2.78 bits per heavy atom. The average molecular weight is 410 g/mol. The topological polar surface area (TPSA) is 107 Å². The summed E-state index contributed by atoms with van der Waals surface area (Å²) in [6, 6.07) is 1.54. The molecule has 1 aromatic rings. The molecular weight excluding hydrogens is 398 g/mol.